The topological polar surface area (TPSA) is 56.0 Å². The summed E-state index contributed by atoms with van der Waals surface area (Å²) in [6.07, 6.45) is 0. The molecule has 0 aliphatic heterocycles. The van der Waals surface area contributed by atoms with Crippen LogP contribution in [0.1, 0.15) is 24.3 Å². The molecular formula is C7H10N2OS. The van der Waals surface area contributed by atoms with Crippen LogP contribution < -0.4 is 5.73 Å². The van der Waals surface area contributed by atoms with Crippen LogP contribution in [0.5, 0.6) is 0 Å². The van der Waals surface area contributed by atoms with E-state index in [0.29, 0.717) is 5.69 Å². The molecule has 0 aromatic carbocycles. The Morgan fingerprint density at radius 2 is 2.36 bits per heavy atom. The fourth-order valence-corrected chi connectivity index (χ4v) is 1.19. The highest BCUT2D eigenvalue weighted by Crippen LogP contribution is 2.09. The van der Waals surface area contributed by atoms with Crippen LogP contribution in [0.15, 0.2) is 10.9 Å². The van der Waals surface area contributed by atoms with Gasteiger partial charge in [-0.15, -0.1) is 11.3 Å². The van der Waals surface area contributed by atoms with Crippen LogP contribution >= 0.6 is 11.3 Å². The number of Topliss-reactive ketones (excluding diaryl/α,β-unsaturated/α-hetero) is 1. The second-order valence-electron chi connectivity index (χ2n) is 2.92. The summed E-state index contributed by atoms with van der Waals surface area (Å²) in [5, 5.41) is 1.71. The third-order valence-electron chi connectivity index (χ3n) is 1.25. The van der Waals surface area contributed by atoms with Crippen molar-refractivity contribution >= 4 is 17.1 Å². The maximum atomic E-state index is 11.3. The Hall–Kier alpha value is -0.740. The molecule has 0 amide bonds. The number of carbonyl (C=O) groups excluding carboxylic acids is 1. The van der Waals surface area contributed by atoms with Crippen LogP contribution in [-0.2, 0) is 0 Å². The minimum Gasteiger partial charge on any atom is -0.319 e. The highest BCUT2D eigenvalue weighted by molar-refractivity contribution is 7.07. The van der Waals surface area contributed by atoms with Gasteiger partial charge in [-0.05, 0) is 13.8 Å². The van der Waals surface area contributed by atoms with E-state index >= 15 is 0 Å². The van der Waals surface area contributed by atoms with E-state index < -0.39 is 5.54 Å². The summed E-state index contributed by atoms with van der Waals surface area (Å²) in [5.41, 5.74) is 6.86. The summed E-state index contributed by atoms with van der Waals surface area (Å²) in [6, 6.07) is 0. The summed E-state index contributed by atoms with van der Waals surface area (Å²) in [4.78, 5) is 15.2. The molecule has 2 N–H and O–H groups in total. The van der Waals surface area contributed by atoms with Gasteiger partial charge in [0, 0.05) is 5.38 Å². The third-order valence-corrected chi connectivity index (χ3v) is 1.84. The van der Waals surface area contributed by atoms with Crippen molar-refractivity contribution in [1.82, 2.24) is 4.98 Å². The van der Waals surface area contributed by atoms with Crippen LogP contribution in [0.25, 0.3) is 0 Å². The molecule has 0 fully saturated rings. The molecule has 4 heteroatoms. The smallest absolute Gasteiger partial charge is 0.201 e. The molecule has 1 rings (SSSR count). The van der Waals surface area contributed by atoms with Crippen LogP contribution in [0, 0.1) is 0 Å². The van der Waals surface area contributed by atoms with Crippen LogP contribution in [0.2, 0.25) is 0 Å². The summed E-state index contributed by atoms with van der Waals surface area (Å²) in [7, 11) is 0. The van der Waals surface area contributed by atoms with Crippen LogP contribution in [0.3, 0.4) is 0 Å². The van der Waals surface area contributed by atoms with E-state index in [-0.39, 0.29) is 5.78 Å². The highest BCUT2D eigenvalue weighted by atomic mass is 32.1. The van der Waals surface area contributed by atoms with Crippen molar-refractivity contribution in [3.8, 4) is 0 Å². The van der Waals surface area contributed by atoms with Crippen molar-refractivity contribution in [2.24, 2.45) is 5.73 Å². The lowest BCUT2D eigenvalue weighted by atomic mass is 9.99. The lowest BCUT2D eigenvalue weighted by molar-refractivity contribution is 0.0909. The minimum absolute atomic E-state index is 0.112. The second-order valence-corrected chi connectivity index (χ2v) is 3.64. The summed E-state index contributed by atoms with van der Waals surface area (Å²) >= 11 is 1.40. The van der Waals surface area contributed by atoms with Gasteiger partial charge < -0.3 is 5.73 Å². The Balaban J connectivity index is 2.88. The fraction of sp³-hybridized carbons (Fsp3) is 0.429. The first kappa shape index (κ1) is 8.36. The van der Waals surface area contributed by atoms with E-state index in [1.807, 2.05) is 0 Å². The van der Waals surface area contributed by atoms with Crippen molar-refractivity contribution in [2.45, 2.75) is 19.4 Å². The first-order valence-electron chi connectivity index (χ1n) is 3.23. The standard InChI is InChI=1S/C7H10N2OS/c1-7(2,8)6(10)5-3-11-4-9-5/h3-4H,8H2,1-2H3. The van der Waals surface area contributed by atoms with Crippen molar-refractivity contribution < 1.29 is 4.79 Å². The van der Waals surface area contributed by atoms with Gasteiger partial charge in [0.25, 0.3) is 0 Å². The average molecular weight is 170 g/mol. The summed E-state index contributed by atoms with van der Waals surface area (Å²) in [5.74, 6) is -0.112. The Bertz CT molecular complexity index is 248. The van der Waals surface area contributed by atoms with Crippen molar-refractivity contribution in [3.05, 3.63) is 16.6 Å². The normalized spacial score (nSPS) is 11.5. The van der Waals surface area contributed by atoms with Gasteiger partial charge in [-0.25, -0.2) is 4.98 Å². The van der Waals surface area contributed by atoms with Gasteiger partial charge in [-0.3, -0.25) is 4.79 Å². The molecule has 1 heterocycles. The van der Waals surface area contributed by atoms with Crippen LogP contribution in [-0.4, -0.2) is 16.3 Å². The molecule has 60 valence electrons. The van der Waals surface area contributed by atoms with E-state index in [0.717, 1.165) is 0 Å². The molecular weight excluding hydrogens is 160 g/mol. The Kier molecular flexibility index (Phi) is 2.06. The number of hydrogen-bond donors (Lipinski definition) is 1. The number of rotatable bonds is 2. The number of hydrogen-bond acceptors (Lipinski definition) is 4. The zero-order valence-electron chi connectivity index (χ0n) is 6.50. The monoisotopic (exact) mass is 170 g/mol. The number of ketones is 1. The number of carbonyl (C=O) groups is 1. The fourth-order valence-electron chi connectivity index (χ4n) is 0.655. The predicted octanol–water partition coefficient (Wildman–Crippen LogP) is 1.06. The maximum Gasteiger partial charge on any atom is 0.201 e. The molecule has 0 saturated carbocycles. The lowest BCUT2D eigenvalue weighted by Crippen LogP contribution is -2.41. The number of nitrogens with zero attached hydrogens (tertiary/aromatic N) is 1. The molecule has 0 aliphatic carbocycles. The van der Waals surface area contributed by atoms with E-state index in [2.05, 4.69) is 4.98 Å². The van der Waals surface area contributed by atoms with E-state index in [9.17, 15) is 4.79 Å². The summed E-state index contributed by atoms with van der Waals surface area (Å²) in [6.45, 7) is 3.35. The first-order chi connectivity index (χ1) is 5.02. The molecule has 3 nitrogen and oxygen atoms in total. The van der Waals surface area contributed by atoms with Gasteiger partial charge in [-0.2, -0.15) is 0 Å². The quantitative estimate of drug-likeness (QED) is 0.675. The molecule has 1 aromatic heterocycles. The zero-order valence-corrected chi connectivity index (χ0v) is 7.31. The minimum atomic E-state index is -0.811. The Morgan fingerprint density at radius 3 is 2.73 bits per heavy atom. The lowest BCUT2D eigenvalue weighted by Gasteiger charge is -2.14. The Morgan fingerprint density at radius 1 is 1.73 bits per heavy atom. The molecule has 0 spiro atoms. The van der Waals surface area contributed by atoms with Gasteiger partial charge in [0.15, 0.2) is 0 Å². The Labute approximate surface area is 69.3 Å². The molecule has 0 bridgehead atoms. The zero-order chi connectivity index (χ0) is 8.48. The predicted molar refractivity (Wildman–Crippen MR) is 44.7 cm³/mol. The van der Waals surface area contributed by atoms with Gasteiger partial charge in [0.05, 0.1) is 11.0 Å². The molecule has 0 aliphatic rings. The molecule has 0 radical (unpaired) electrons. The molecule has 0 unspecified atom stereocenters. The molecule has 0 atom stereocenters. The average Bonchev–Trinajstić information content (AvgIpc) is 2.34. The molecule has 0 saturated heterocycles. The molecule has 1 aromatic rings. The number of nitrogens with two attached hydrogens (primary N) is 1. The highest BCUT2D eigenvalue weighted by Gasteiger charge is 2.24. The largest absolute Gasteiger partial charge is 0.319 e. The second kappa shape index (κ2) is 2.71. The van der Waals surface area contributed by atoms with Crippen molar-refractivity contribution in [3.63, 3.8) is 0 Å². The van der Waals surface area contributed by atoms with Gasteiger partial charge in [0.2, 0.25) is 5.78 Å². The van der Waals surface area contributed by atoms with Gasteiger partial charge >= 0.3 is 0 Å². The van der Waals surface area contributed by atoms with Gasteiger partial charge in [-0.1, -0.05) is 0 Å². The summed E-state index contributed by atoms with van der Waals surface area (Å²) < 4.78 is 0. The third kappa shape index (κ3) is 1.85. The molecule has 11 heavy (non-hydrogen) atoms. The number of thiazole rings is 1. The van der Waals surface area contributed by atoms with Crippen molar-refractivity contribution in [1.29, 1.82) is 0 Å². The van der Waals surface area contributed by atoms with E-state index in [1.165, 1.54) is 11.3 Å². The maximum absolute atomic E-state index is 11.3. The number of aromatic nitrogens is 1. The SMILES string of the molecule is CC(C)(N)C(=O)c1cscn1. The van der Waals surface area contributed by atoms with Crippen molar-refractivity contribution in [2.75, 3.05) is 0 Å². The van der Waals surface area contributed by atoms with Gasteiger partial charge in [0.1, 0.15) is 5.69 Å². The van der Waals surface area contributed by atoms with Crippen LogP contribution in [0.4, 0.5) is 0 Å². The van der Waals surface area contributed by atoms with E-state index in [1.54, 1.807) is 24.7 Å². The first-order valence-corrected chi connectivity index (χ1v) is 4.18. The van der Waals surface area contributed by atoms with E-state index in [4.69, 9.17) is 5.73 Å².